The van der Waals surface area contributed by atoms with Gasteiger partial charge in [-0.15, -0.1) is 10.2 Å². The summed E-state index contributed by atoms with van der Waals surface area (Å²) < 4.78 is 42.3. The van der Waals surface area contributed by atoms with Crippen LogP contribution >= 0.6 is 11.8 Å². The lowest BCUT2D eigenvalue weighted by Crippen LogP contribution is -2.19. The van der Waals surface area contributed by atoms with Crippen molar-refractivity contribution < 1.29 is 13.2 Å². The molecule has 0 amide bonds. The highest BCUT2D eigenvalue weighted by Gasteiger charge is 2.31. The van der Waals surface area contributed by atoms with Gasteiger partial charge < -0.3 is 4.40 Å². The van der Waals surface area contributed by atoms with Gasteiger partial charge in [0.25, 0.3) is 0 Å². The number of thioether (sulfide) groups is 1. The lowest BCUT2D eigenvalue weighted by molar-refractivity contribution is -0.141. The number of alkyl halides is 3. The van der Waals surface area contributed by atoms with Gasteiger partial charge in [0.05, 0.1) is 5.69 Å². The molecular weight excluding hydrogens is 389 g/mol. The number of hydrogen-bond acceptors (Lipinski definition) is 5. The van der Waals surface area contributed by atoms with Gasteiger partial charge in [-0.3, -0.25) is 9.55 Å². The number of aryl methyl sites for hydroxylation is 1. The third-order valence-electron chi connectivity index (χ3n) is 3.99. The standard InChI is InChI=1S/C18H15F3N6S/c1-12-2-3-15-23-14(9-26(15)8-12)10-28-17-25-24-16(13-4-6-22-7-5-13)27(17)11-18(19,20)21/h2-9H,10-11H2,1H3. The Morgan fingerprint density at radius 2 is 1.82 bits per heavy atom. The minimum Gasteiger partial charge on any atom is -0.307 e. The van der Waals surface area contributed by atoms with Crippen LogP contribution in [0.2, 0.25) is 0 Å². The fraction of sp³-hybridized carbons (Fsp3) is 0.222. The van der Waals surface area contributed by atoms with Crippen LogP contribution in [0.3, 0.4) is 0 Å². The first kappa shape index (κ1) is 18.5. The van der Waals surface area contributed by atoms with Crippen molar-refractivity contribution in [3.05, 3.63) is 60.3 Å². The van der Waals surface area contributed by atoms with Gasteiger partial charge in [0.15, 0.2) is 11.0 Å². The van der Waals surface area contributed by atoms with Gasteiger partial charge in [-0.05, 0) is 30.7 Å². The van der Waals surface area contributed by atoms with Crippen molar-refractivity contribution in [2.75, 3.05) is 0 Å². The Balaban J connectivity index is 1.62. The third kappa shape index (κ3) is 4.01. The molecule has 144 valence electrons. The van der Waals surface area contributed by atoms with Crippen molar-refractivity contribution in [2.24, 2.45) is 0 Å². The molecule has 0 atom stereocenters. The molecule has 0 aromatic carbocycles. The fourth-order valence-corrected chi connectivity index (χ4v) is 3.62. The summed E-state index contributed by atoms with van der Waals surface area (Å²) in [6.45, 7) is 0.818. The van der Waals surface area contributed by atoms with E-state index in [0.717, 1.165) is 21.5 Å². The highest BCUT2D eigenvalue weighted by Crippen LogP contribution is 2.29. The van der Waals surface area contributed by atoms with E-state index in [1.807, 2.05) is 35.9 Å². The molecule has 0 aliphatic rings. The lowest BCUT2D eigenvalue weighted by Gasteiger charge is -2.12. The van der Waals surface area contributed by atoms with Crippen LogP contribution in [-0.4, -0.2) is 35.3 Å². The van der Waals surface area contributed by atoms with Gasteiger partial charge in [-0.25, -0.2) is 4.98 Å². The van der Waals surface area contributed by atoms with Crippen LogP contribution in [0.15, 0.2) is 54.2 Å². The van der Waals surface area contributed by atoms with Crippen molar-refractivity contribution in [3.8, 4) is 11.4 Å². The molecule has 0 radical (unpaired) electrons. The van der Waals surface area contributed by atoms with E-state index in [9.17, 15) is 13.2 Å². The zero-order valence-electron chi connectivity index (χ0n) is 14.8. The number of imidazole rings is 1. The summed E-state index contributed by atoms with van der Waals surface area (Å²) in [6.07, 6.45) is 2.44. The first-order chi connectivity index (χ1) is 13.4. The molecule has 0 N–H and O–H groups in total. The predicted molar refractivity (Wildman–Crippen MR) is 98.8 cm³/mol. The first-order valence-electron chi connectivity index (χ1n) is 8.36. The van der Waals surface area contributed by atoms with E-state index in [0.29, 0.717) is 11.3 Å². The summed E-state index contributed by atoms with van der Waals surface area (Å²) in [4.78, 5) is 8.38. The zero-order chi connectivity index (χ0) is 19.7. The van der Waals surface area contributed by atoms with Crippen LogP contribution in [-0.2, 0) is 12.3 Å². The first-order valence-corrected chi connectivity index (χ1v) is 9.35. The number of rotatable bonds is 5. The highest BCUT2D eigenvalue weighted by molar-refractivity contribution is 7.98. The van der Waals surface area contributed by atoms with Crippen molar-refractivity contribution in [1.29, 1.82) is 0 Å². The molecule has 10 heteroatoms. The molecule has 6 nitrogen and oxygen atoms in total. The van der Waals surface area contributed by atoms with Gasteiger partial charge in [-0.1, -0.05) is 17.8 Å². The quantitative estimate of drug-likeness (QED) is 0.468. The van der Waals surface area contributed by atoms with E-state index < -0.39 is 12.7 Å². The van der Waals surface area contributed by atoms with Crippen LogP contribution < -0.4 is 0 Å². The normalized spacial score (nSPS) is 12.0. The van der Waals surface area contributed by atoms with Gasteiger partial charge in [-0.2, -0.15) is 13.2 Å². The van der Waals surface area contributed by atoms with Crippen molar-refractivity contribution >= 4 is 17.4 Å². The number of fused-ring (bicyclic) bond motifs is 1. The Morgan fingerprint density at radius 1 is 1.04 bits per heavy atom. The van der Waals surface area contributed by atoms with Gasteiger partial charge in [0, 0.05) is 36.1 Å². The summed E-state index contributed by atoms with van der Waals surface area (Å²) in [7, 11) is 0. The molecule has 28 heavy (non-hydrogen) atoms. The van der Waals surface area contributed by atoms with E-state index >= 15 is 0 Å². The molecule has 4 rings (SSSR count). The summed E-state index contributed by atoms with van der Waals surface area (Å²) in [5, 5.41) is 8.15. The Bertz CT molecular complexity index is 1100. The monoisotopic (exact) mass is 404 g/mol. The topological polar surface area (TPSA) is 60.9 Å². The molecule has 0 bridgehead atoms. The fourth-order valence-electron chi connectivity index (χ4n) is 2.80. The van der Waals surface area contributed by atoms with E-state index in [1.165, 1.54) is 24.2 Å². The molecule has 0 saturated carbocycles. The third-order valence-corrected chi connectivity index (χ3v) is 4.99. The molecule has 0 aliphatic heterocycles. The Labute approximate surface area is 162 Å². The lowest BCUT2D eigenvalue weighted by atomic mass is 10.2. The second-order valence-electron chi connectivity index (χ2n) is 6.24. The predicted octanol–water partition coefficient (Wildman–Crippen LogP) is 4.15. The minimum atomic E-state index is -4.39. The van der Waals surface area contributed by atoms with Crippen molar-refractivity contribution in [3.63, 3.8) is 0 Å². The van der Waals surface area contributed by atoms with E-state index in [-0.39, 0.29) is 11.0 Å². The molecule has 4 heterocycles. The van der Waals surface area contributed by atoms with Crippen LogP contribution in [0.4, 0.5) is 13.2 Å². The minimum absolute atomic E-state index is 0.160. The molecule has 0 fully saturated rings. The molecule has 4 aromatic heterocycles. The Hall–Kier alpha value is -2.88. The Kier molecular flexibility index (Phi) is 4.80. The zero-order valence-corrected chi connectivity index (χ0v) is 15.6. The van der Waals surface area contributed by atoms with Gasteiger partial charge in [0.1, 0.15) is 12.2 Å². The Morgan fingerprint density at radius 3 is 2.57 bits per heavy atom. The van der Waals surface area contributed by atoms with E-state index in [2.05, 4.69) is 20.2 Å². The summed E-state index contributed by atoms with van der Waals surface area (Å²) in [5.74, 6) is 0.542. The molecule has 0 saturated heterocycles. The SMILES string of the molecule is Cc1ccc2nc(CSc3nnc(-c4ccncc4)n3CC(F)(F)F)cn2c1. The van der Waals surface area contributed by atoms with Crippen molar-refractivity contribution in [1.82, 2.24) is 29.1 Å². The molecular formula is C18H15F3N6S. The van der Waals surface area contributed by atoms with Crippen molar-refractivity contribution in [2.45, 2.75) is 30.6 Å². The average molecular weight is 404 g/mol. The maximum Gasteiger partial charge on any atom is 0.406 e. The van der Waals surface area contributed by atoms with E-state index in [1.54, 1.807) is 12.1 Å². The maximum absolute atomic E-state index is 13.1. The second kappa shape index (κ2) is 7.27. The smallest absolute Gasteiger partial charge is 0.307 e. The molecule has 0 aliphatic carbocycles. The van der Waals surface area contributed by atoms with Crippen LogP contribution in [0, 0.1) is 6.92 Å². The largest absolute Gasteiger partial charge is 0.406 e. The number of aromatic nitrogens is 6. The summed E-state index contributed by atoms with van der Waals surface area (Å²) in [6, 6.07) is 7.07. The van der Waals surface area contributed by atoms with E-state index in [4.69, 9.17) is 0 Å². The molecule has 4 aromatic rings. The maximum atomic E-state index is 13.1. The number of nitrogens with zero attached hydrogens (tertiary/aromatic N) is 6. The molecule has 0 unspecified atom stereocenters. The second-order valence-corrected chi connectivity index (χ2v) is 7.18. The summed E-state index contributed by atoms with van der Waals surface area (Å²) >= 11 is 1.17. The van der Waals surface area contributed by atoms with Crippen LogP contribution in [0.1, 0.15) is 11.3 Å². The number of hydrogen-bond donors (Lipinski definition) is 0. The number of pyridine rings is 2. The van der Waals surface area contributed by atoms with Gasteiger partial charge >= 0.3 is 6.18 Å². The average Bonchev–Trinajstić information content (AvgIpc) is 3.22. The summed E-state index contributed by atoms with van der Waals surface area (Å²) in [5.41, 5.74) is 3.16. The van der Waals surface area contributed by atoms with Crippen LogP contribution in [0.25, 0.3) is 17.0 Å². The number of halogens is 3. The molecule has 0 spiro atoms. The highest BCUT2D eigenvalue weighted by atomic mass is 32.2. The van der Waals surface area contributed by atoms with Gasteiger partial charge in [0.2, 0.25) is 0 Å². The van der Waals surface area contributed by atoms with Crippen LogP contribution in [0.5, 0.6) is 0 Å².